The van der Waals surface area contributed by atoms with Crippen LogP contribution in [0.4, 0.5) is 11.4 Å². The Kier molecular flexibility index (Phi) is 6.00. The van der Waals surface area contributed by atoms with Gasteiger partial charge in [0, 0.05) is 50.5 Å². The van der Waals surface area contributed by atoms with Gasteiger partial charge in [-0.15, -0.1) is 0 Å². The fourth-order valence-electron chi connectivity index (χ4n) is 4.36. The number of anilines is 2. The zero-order chi connectivity index (χ0) is 21.1. The molecular formula is C25H33N3O2. The highest BCUT2D eigenvalue weighted by molar-refractivity contribution is 5.92. The van der Waals surface area contributed by atoms with E-state index >= 15 is 0 Å². The highest BCUT2D eigenvalue weighted by atomic mass is 16.5. The second-order valence-corrected chi connectivity index (χ2v) is 9.25. The van der Waals surface area contributed by atoms with Crippen LogP contribution in [0.5, 0.6) is 5.75 Å². The van der Waals surface area contributed by atoms with E-state index in [1.54, 1.807) is 12.1 Å². The molecular weight excluding hydrogens is 374 g/mol. The summed E-state index contributed by atoms with van der Waals surface area (Å²) in [5, 5.41) is 0. The Morgan fingerprint density at radius 1 is 0.833 bits per heavy atom. The summed E-state index contributed by atoms with van der Waals surface area (Å²) in [7, 11) is 0. The van der Waals surface area contributed by atoms with Crippen molar-refractivity contribution >= 4 is 17.3 Å². The van der Waals surface area contributed by atoms with Gasteiger partial charge >= 0.3 is 5.97 Å². The van der Waals surface area contributed by atoms with E-state index in [9.17, 15) is 4.79 Å². The first-order valence-corrected chi connectivity index (χ1v) is 11.1. The van der Waals surface area contributed by atoms with Gasteiger partial charge in [-0.05, 0) is 63.9 Å². The van der Waals surface area contributed by atoms with Crippen molar-refractivity contribution in [2.75, 3.05) is 49.1 Å². The average molecular weight is 408 g/mol. The lowest BCUT2D eigenvalue weighted by molar-refractivity contribution is 0.0735. The fraction of sp³-hybridized carbons (Fsp3) is 0.480. The number of ether oxygens (including phenoxy) is 1. The summed E-state index contributed by atoms with van der Waals surface area (Å²) in [6.45, 7) is 12.9. The third-order valence-corrected chi connectivity index (χ3v) is 6.19. The van der Waals surface area contributed by atoms with Crippen molar-refractivity contribution in [1.82, 2.24) is 4.90 Å². The molecule has 0 N–H and O–H groups in total. The molecule has 0 radical (unpaired) electrons. The number of esters is 1. The predicted octanol–water partition coefficient (Wildman–Crippen LogP) is 4.43. The molecule has 5 nitrogen and oxygen atoms in total. The fourth-order valence-corrected chi connectivity index (χ4v) is 4.36. The number of benzene rings is 2. The van der Waals surface area contributed by atoms with E-state index in [1.165, 1.54) is 18.5 Å². The maximum Gasteiger partial charge on any atom is 0.343 e. The zero-order valence-electron chi connectivity index (χ0n) is 18.4. The third-order valence-electron chi connectivity index (χ3n) is 6.19. The third kappa shape index (κ3) is 4.62. The molecule has 2 aromatic carbocycles. The zero-order valence-corrected chi connectivity index (χ0v) is 18.4. The number of piperazine rings is 1. The van der Waals surface area contributed by atoms with Gasteiger partial charge in [-0.25, -0.2) is 4.79 Å². The van der Waals surface area contributed by atoms with Crippen molar-refractivity contribution in [3.05, 3.63) is 54.1 Å². The van der Waals surface area contributed by atoms with E-state index in [0.717, 1.165) is 45.0 Å². The van der Waals surface area contributed by atoms with Crippen LogP contribution >= 0.6 is 0 Å². The van der Waals surface area contributed by atoms with Crippen molar-refractivity contribution in [2.24, 2.45) is 0 Å². The van der Waals surface area contributed by atoms with Gasteiger partial charge in [-0.1, -0.05) is 18.2 Å². The van der Waals surface area contributed by atoms with Crippen LogP contribution in [0.25, 0.3) is 0 Å². The van der Waals surface area contributed by atoms with Crippen molar-refractivity contribution in [1.29, 1.82) is 0 Å². The van der Waals surface area contributed by atoms with Crippen LogP contribution in [0.3, 0.4) is 0 Å². The number of rotatable bonds is 4. The molecule has 4 rings (SSSR count). The van der Waals surface area contributed by atoms with E-state index < -0.39 is 0 Å². The van der Waals surface area contributed by atoms with E-state index in [4.69, 9.17) is 4.74 Å². The first kappa shape index (κ1) is 20.7. The SMILES string of the molecule is CC(C)(C)N1CCN(c2cc(N3CCCC3)ccc2OC(=O)c2ccccc2)CC1. The number of hydrogen-bond donors (Lipinski definition) is 0. The summed E-state index contributed by atoms with van der Waals surface area (Å²) in [6, 6.07) is 15.5. The Bertz CT molecular complexity index is 862. The monoisotopic (exact) mass is 407 g/mol. The number of nitrogens with zero attached hydrogens (tertiary/aromatic N) is 3. The van der Waals surface area contributed by atoms with Crippen LogP contribution in [-0.4, -0.2) is 55.7 Å². The quantitative estimate of drug-likeness (QED) is 0.554. The minimum Gasteiger partial charge on any atom is -0.421 e. The second kappa shape index (κ2) is 8.68. The Morgan fingerprint density at radius 3 is 2.13 bits per heavy atom. The largest absolute Gasteiger partial charge is 0.421 e. The molecule has 2 heterocycles. The molecule has 0 amide bonds. The van der Waals surface area contributed by atoms with Crippen LogP contribution in [0.2, 0.25) is 0 Å². The van der Waals surface area contributed by atoms with Crippen LogP contribution in [-0.2, 0) is 0 Å². The molecule has 0 unspecified atom stereocenters. The standard InChI is InChI=1S/C25H33N3O2/c1-25(2,3)28-17-15-27(16-18-28)22-19-21(26-13-7-8-14-26)11-12-23(22)30-24(29)20-9-5-4-6-10-20/h4-6,9-12,19H,7-8,13-18H2,1-3H3. The molecule has 0 spiro atoms. The topological polar surface area (TPSA) is 36.0 Å². The molecule has 2 aromatic rings. The average Bonchev–Trinajstić information content (AvgIpc) is 3.29. The van der Waals surface area contributed by atoms with Crippen molar-refractivity contribution in [2.45, 2.75) is 39.2 Å². The lowest BCUT2D eigenvalue weighted by Crippen LogP contribution is -2.53. The molecule has 0 bridgehead atoms. The molecule has 5 heteroatoms. The highest BCUT2D eigenvalue weighted by Gasteiger charge is 2.28. The molecule has 2 saturated heterocycles. The molecule has 0 saturated carbocycles. The number of hydrogen-bond acceptors (Lipinski definition) is 5. The first-order chi connectivity index (χ1) is 14.4. The minimum atomic E-state index is -0.306. The van der Waals surface area contributed by atoms with Crippen molar-refractivity contribution in [3.63, 3.8) is 0 Å². The normalized spacial score (nSPS) is 18.0. The van der Waals surface area contributed by atoms with Gasteiger partial charge in [0.1, 0.15) is 0 Å². The number of carbonyl (C=O) groups excluding carboxylic acids is 1. The van der Waals surface area contributed by atoms with Gasteiger partial charge < -0.3 is 14.5 Å². The highest BCUT2D eigenvalue weighted by Crippen LogP contribution is 2.35. The predicted molar refractivity (Wildman–Crippen MR) is 123 cm³/mol. The Balaban J connectivity index is 1.58. The molecule has 2 aliphatic heterocycles. The summed E-state index contributed by atoms with van der Waals surface area (Å²) >= 11 is 0. The van der Waals surface area contributed by atoms with Gasteiger partial charge in [-0.3, -0.25) is 4.90 Å². The smallest absolute Gasteiger partial charge is 0.343 e. The van der Waals surface area contributed by atoms with Gasteiger partial charge in [0.15, 0.2) is 5.75 Å². The van der Waals surface area contributed by atoms with Crippen molar-refractivity contribution in [3.8, 4) is 5.75 Å². The Hall–Kier alpha value is -2.53. The maximum atomic E-state index is 12.7. The molecule has 160 valence electrons. The second-order valence-electron chi connectivity index (χ2n) is 9.25. The summed E-state index contributed by atoms with van der Waals surface area (Å²) in [4.78, 5) is 20.0. The van der Waals surface area contributed by atoms with Crippen LogP contribution in [0, 0.1) is 0 Å². The van der Waals surface area contributed by atoms with E-state index in [2.05, 4.69) is 47.6 Å². The Morgan fingerprint density at radius 2 is 1.50 bits per heavy atom. The van der Waals surface area contributed by atoms with Crippen molar-refractivity contribution < 1.29 is 9.53 Å². The molecule has 2 aliphatic rings. The molecule has 30 heavy (non-hydrogen) atoms. The molecule has 0 aliphatic carbocycles. The van der Waals surface area contributed by atoms with E-state index in [-0.39, 0.29) is 11.5 Å². The summed E-state index contributed by atoms with van der Waals surface area (Å²) in [5.74, 6) is 0.343. The van der Waals surface area contributed by atoms with E-state index in [0.29, 0.717) is 11.3 Å². The van der Waals surface area contributed by atoms with E-state index in [1.807, 2.05) is 24.3 Å². The van der Waals surface area contributed by atoms with Crippen LogP contribution < -0.4 is 14.5 Å². The van der Waals surface area contributed by atoms with Gasteiger partial charge in [-0.2, -0.15) is 0 Å². The van der Waals surface area contributed by atoms with Gasteiger partial charge in [0.05, 0.1) is 11.3 Å². The molecule has 0 aromatic heterocycles. The minimum absolute atomic E-state index is 0.173. The lowest BCUT2D eigenvalue weighted by Gasteiger charge is -2.43. The van der Waals surface area contributed by atoms with Gasteiger partial charge in [0.25, 0.3) is 0 Å². The maximum absolute atomic E-state index is 12.7. The number of carbonyl (C=O) groups is 1. The summed E-state index contributed by atoms with van der Waals surface area (Å²) < 4.78 is 5.88. The van der Waals surface area contributed by atoms with Crippen LogP contribution in [0.1, 0.15) is 44.0 Å². The first-order valence-electron chi connectivity index (χ1n) is 11.1. The van der Waals surface area contributed by atoms with Gasteiger partial charge in [0.2, 0.25) is 0 Å². The summed E-state index contributed by atoms with van der Waals surface area (Å²) in [5.41, 5.74) is 2.99. The molecule has 2 fully saturated rings. The lowest BCUT2D eigenvalue weighted by atomic mass is 10.0. The molecule has 0 atom stereocenters. The van der Waals surface area contributed by atoms with Crippen LogP contribution in [0.15, 0.2) is 48.5 Å². The Labute approximate surface area is 180 Å². The summed E-state index contributed by atoms with van der Waals surface area (Å²) in [6.07, 6.45) is 2.48.